The molecule has 0 aliphatic carbocycles. The molecule has 0 saturated heterocycles. The molecule has 0 radical (unpaired) electrons. The maximum Gasteiger partial charge on any atom is 0.266 e. The van der Waals surface area contributed by atoms with Crippen LogP contribution in [-0.2, 0) is 6.42 Å². The standard InChI is InChI=1S/C20H17N3OS/c1-14-9-10-18-21-16(12-15-6-3-2-4-7-15)19(23(18)13-14)22-20(24)17-8-5-11-25-17/h2-11,13H,12H2,1H3,(H,22,24). The van der Waals surface area contributed by atoms with E-state index in [1.54, 1.807) is 0 Å². The lowest BCUT2D eigenvalue weighted by Crippen LogP contribution is -2.13. The number of carbonyl (C=O) groups excluding carboxylic acids is 1. The Morgan fingerprint density at radius 1 is 1.12 bits per heavy atom. The van der Waals surface area contributed by atoms with E-state index in [0.29, 0.717) is 11.3 Å². The minimum atomic E-state index is -0.104. The van der Waals surface area contributed by atoms with Crippen LogP contribution in [0.1, 0.15) is 26.5 Å². The molecule has 1 N–H and O–H groups in total. The highest BCUT2D eigenvalue weighted by Gasteiger charge is 2.16. The highest BCUT2D eigenvalue weighted by molar-refractivity contribution is 7.12. The summed E-state index contributed by atoms with van der Waals surface area (Å²) in [5.41, 5.74) is 3.97. The van der Waals surface area contributed by atoms with Crippen LogP contribution in [0, 0.1) is 6.92 Å². The summed E-state index contributed by atoms with van der Waals surface area (Å²) in [5.74, 6) is 0.633. The largest absolute Gasteiger partial charge is 0.305 e. The van der Waals surface area contributed by atoms with Gasteiger partial charge in [-0.15, -0.1) is 11.3 Å². The average Bonchev–Trinajstić information content (AvgIpc) is 3.25. The van der Waals surface area contributed by atoms with Crippen LogP contribution in [-0.4, -0.2) is 15.3 Å². The number of nitrogens with one attached hydrogen (secondary N) is 1. The molecule has 4 rings (SSSR count). The number of amides is 1. The van der Waals surface area contributed by atoms with E-state index in [1.165, 1.54) is 11.3 Å². The van der Waals surface area contributed by atoms with E-state index in [4.69, 9.17) is 4.98 Å². The van der Waals surface area contributed by atoms with E-state index in [0.717, 1.165) is 28.3 Å². The van der Waals surface area contributed by atoms with E-state index in [2.05, 4.69) is 17.4 Å². The molecule has 3 heterocycles. The molecule has 3 aromatic heterocycles. The summed E-state index contributed by atoms with van der Waals surface area (Å²) in [4.78, 5) is 18.0. The molecule has 0 spiro atoms. The van der Waals surface area contributed by atoms with Crippen LogP contribution in [0.2, 0.25) is 0 Å². The topological polar surface area (TPSA) is 46.4 Å². The zero-order valence-corrected chi connectivity index (χ0v) is 14.6. The Bertz CT molecular complexity index is 1020. The zero-order chi connectivity index (χ0) is 17.2. The second-order valence-corrected chi connectivity index (χ2v) is 6.88. The van der Waals surface area contributed by atoms with Crippen molar-refractivity contribution in [3.05, 3.63) is 87.9 Å². The number of carbonyl (C=O) groups is 1. The molecule has 124 valence electrons. The Morgan fingerprint density at radius 2 is 1.96 bits per heavy atom. The lowest BCUT2D eigenvalue weighted by atomic mass is 10.1. The van der Waals surface area contributed by atoms with Gasteiger partial charge in [0.05, 0.1) is 10.6 Å². The summed E-state index contributed by atoms with van der Waals surface area (Å²) in [6, 6.07) is 17.9. The molecule has 0 bridgehead atoms. The Labute approximate surface area is 149 Å². The summed E-state index contributed by atoms with van der Waals surface area (Å²) in [6.07, 6.45) is 2.67. The molecule has 0 fully saturated rings. The van der Waals surface area contributed by atoms with Gasteiger partial charge in [-0.3, -0.25) is 9.20 Å². The van der Waals surface area contributed by atoms with Crippen LogP contribution < -0.4 is 5.32 Å². The Morgan fingerprint density at radius 3 is 2.72 bits per heavy atom. The quantitative estimate of drug-likeness (QED) is 0.589. The van der Waals surface area contributed by atoms with Gasteiger partial charge in [0, 0.05) is 12.6 Å². The highest BCUT2D eigenvalue weighted by Crippen LogP contribution is 2.23. The van der Waals surface area contributed by atoms with Crippen molar-refractivity contribution < 1.29 is 4.79 Å². The Hall–Kier alpha value is -2.92. The van der Waals surface area contributed by atoms with E-state index in [1.807, 2.05) is 65.4 Å². The molecule has 4 nitrogen and oxygen atoms in total. The monoisotopic (exact) mass is 347 g/mol. The number of rotatable bonds is 4. The minimum absolute atomic E-state index is 0.104. The van der Waals surface area contributed by atoms with Gasteiger partial charge < -0.3 is 5.32 Å². The molecule has 0 aliphatic rings. The van der Waals surface area contributed by atoms with Crippen molar-refractivity contribution in [3.63, 3.8) is 0 Å². The average molecular weight is 347 g/mol. The maximum absolute atomic E-state index is 12.6. The van der Waals surface area contributed by atoms with Crippen molar-refractivity contribution in [1.29, 1.82) is 0 Å². The number of hydrogen-bond acceptors (Lipinski definition) is 3. The van der Waals surface area contributed by atoms with Crippen molar-refractivity contribution in [2.45, 2.75) is 13.3 Å². The second kappa shape index (κ2) is 6.53. The second-order valence-electron chi connectivity index (χ2n) is 5.94. The first-order chi connectivity index (χ1) is 12.2. The Balaban J connectivity index is 1.77. The molecule has 1 aromatic carbocycles. The third-order valence-corrected chi connectivity index (χ3v) is 4.90. The first-order valence-electron chi connectivity index (χ1n) is 8.07. The smallest absolute Gasteiger partial charge is 0.266 e. The molecule has 5 heteroatoms. The SMILES string of the molecule is Cc1ccc2nc(Cc3ccccc3)c(NC(=O)c3cccs3)n2c1. The van der Waals surface area contributed by atoms with Crippen molar-refractivity contribution in [1.82, 2.24) is 9.38 Å². The summed E-state index contributed by atoms with van der Waals surface area (Å²) >= 11 is 1.43. The summed E-state index contributed by atoms with van der Waals surface area (Å²) in [7, 11) is 0. The van der Waals surface area contributed by atoms with Gasteiger partial charge in [0.15, 0.2) is 0 Å². The van der Waals surface area contributed by atoms with Crippen LogP contribution in [0.25, 0.3) is 5.65 Å². The van der Waals surface area contributed by atoms with E-state index in [-0.39, 0.29) is 5.91 Å². The van der Waals surface area contributed by atoms with Gasteiger partial charge in [-0.2, -0.15) is 0 Å². The van der Waals surface area contributed by atoms with Gasteiger partial charge in [-0.25, -0.2) is 4.98 Å². The van der Waals surface area contributed by atoms with E-state index < -0.39 is 0 Å². The van der Waals surface area contributed by atoms with Crippen LogP contribution in [0.5, 0.6) is 0 Å². The van der Waals surface area contributed by atoms with E-state index in [9.17, 15) is 4.79 Å². The van der Waals surface area contributed by atoms with Crippen LogP contribution >= 0.6 is 11.3 Å². The third-order valence-electron chi connectivity index (χ3n) is 4.03. The van der Waals surface area contributed by atoms with Crippen LogP contribution in [0.3, 0.4) is 0 Å². The highest BCUT2D eigenvalue weighted by atomic mass is 32.1. The van der Waals surface area contributed by atoms with Gasteiger partial charge in [0.25, 0.3) is 5.91 Å². The molecule has 1 amide bonds. The Kier molecular flexibility index (Phi) is 4.07. The predicted octanol–water partition coefficient (Wildman–Crippen LogP) is 4.55. The van der Waals surface area contributed by atoms with E-state index >= 15 is 0 Å². The number of pyridine rings is 1. The predicted molar refractivity (Wildman–Crippen MR) is 101 cm³/mol. The van der Waals surface area contributed by atoms with Gasteiger partial charge in [-0.1, -0.05) is 42.5 Å². The molecule has 0 unspecified atom stereocenters. The molecular formula is C20H17N3OS. The number of aryl methyl sites for hydroxylation is 1. The summed E-state index contributed by atoms with van der Waals surface area (Å²) in [5, 5.41) is 4.96. The molecular weight excluding hydrogens is 330 g/mol. The van der Waals surface area contributed by atoms with Gasteiger partial charge in [0.2, 0.25) is 0 Å². The van der Waals surface area contributed by atoms with Gasteiger partial charge >= 0.3 is 0 Å². The summed E-state index contributed by atoms with van der Waals surface area (Å²) in [6.45, 7) is 2.03. The first kappa shape index (κ1) is 15.6. The molecule has 0 atom stereocenters. The zero-order valence-electron chi connectivity index (χ0n) is 13.8. The number of aromatic nitrogens is 2. The number of anilines is 1. The fourth-order valence-electron chi connectivity index (χ4n) is 2.82. The van der Waals surface area contributed by atoms with Crippen molar-refractivity contribution in [2.24, 2.45) is 0 Å². The third kappa shape index (κ3) is 3.19. The molecule has 25 heavy (non-hydrogen) atoms. The lowest BCUT2D eigenvalue weighted by Gasteiger charge is -2.07. The normalized spacial score (nSPS) is 10.9. The fraction of sp³-hybridized carbons (Fsp3) is 0.100. The molecule has 4 aromatic rings. The maximum atomic E-state index is 12.6. The van der Waals surface area contributed by atoms with Gasteiger partial charge in [-0.05, 0) is 35.6 Å². The summed E-state index contributed by atoms with van der Waals surface area (Å²) < 4.78 is 1.96. The number of benzene rings is 1. The number of hydrogen-bond donors (Lipinski definition) is 1. The minimum Gasteiger partial charge on any atom is -0.305 e. The number of thiophene rings is 1. The fourth-order valence-corrected chi connectivity index (χ4v) is 3.44. The van der Waals surface area contributed by atoms with Crippen LogP contribution in [0.4, 0.5) is 5.82 Å². The lowest BCUT2D eigenvalue weighted by molar-refractivity contribution is 0.103. The van der Waals surface area contributed by atoms with Crippen molar-refractivity contribution in [2.75, 3.05) is 5.32 Å². The van der Waals surface area contributed by atoms with Crippen molar-refractivity contribution in [3.8, 4) is 0 Å². The number of fused-ring (bicyclic) bond motifs is 1. The molecule has 0 saturated carbocycles. The van der Waals surface area contributed by atoms with Crippen LogP contribution in [0.15, 0.2) is 66.2 Å². The number of imidazole rings is 1. The number of nitrogens with zero attached hydrogens (tertiary/aromatic N) is 2. The van der Waals surface area contributed by atoms with Gasteiger partial charge in [0.1, 0.15) is 11.5 Å². The first-order valence-corrected chi connectivity index (χ1v) is 8.95. The van der Waals surface area contributed by atoms with Crippen molar-refractivity contribution >= 4 is 28.7 Å². The molecule has 0 aliphatic heterocycles.